The van der Waals surface area contributed by atoms with Crippen molar-refractivity contribution in [3.05, 3.63) is 263 Å². The normalized spacial score (nSPS) is 16.1. The Morgan fingerprint density at radius 3 is 1.40 bits per heavy atom. The number of hydrogen-bond donors (Lipinski definition) is 0. The molecule has 298 valence electrons. The predicted octanol–water partition coefficient (Wildman–Crippen LogP) is 13.7. The number of anilines is 3. The summed E-state index contributed by atoms with van der Waals surface area (Å²) in [6.45, 7) is 8.62. The first-order valence-electron chi connectivity index (χ1n) is 21.4. The Balaban J connectivity index is 1.05. The minimum atomic E-state index is -0.658. The molecule has 8 aromatic carbocycles. The average Bonchev–Trinajstić information content (AvgIpc) is 4.02. The number of aldehydes is 1. The summed E-state index contributed by atoms with van der Waals surface area (Å²) in [6.07, 6.45) is 4.75. The lowest BCUT2D eigenvalue weighted by molar-refractivity contribution is 0.112. The minimum absolute atomic E-state index is 0.302. The number of amides is 2. The molecule has 0 heterocycles. The molecule has 2 amide bonds. The third kappa shape index (κ3) is 4.59. The monoisotopic (exact) mass is 808 g/mol. The number of para-hydroxylation sites is 1. The lowest BCUT2D eigenvalue weighted by Gasteiger charge is -2.34. The van der Waals surface area contributed by atoms with E-state index < -0.39 is 10.8 Å². The molecule has 1 atom stereocenters. The molecule has 0 aliphatic heterocycles. The molecule has 0 fully saturated rings. The Labute approximate surface area is 367 Å². The van der Waals surface area contributed by atoms with Gasteiger partial charge in [0.25, 0.3) is 0 Å². The van der Waals surface area contributed by atoms with E-state index in [-0.39, 0.29) is 6.03 Å². The third-order valence-electron chi connectivity index (χ3n) is 14.2. The number of nitrogens with zero attached hydrogens (tertiary/aromatic N) is 2. The van der Waals surface area contributed by atoms with E-state index in [0.717, 1.165) is 62.1 Å². The number of carbonyl (C=O) groups is 2. The van der Waals surface area contributed by atoms with Crippen LogP contribution >= 0.6 is 0 Å². The molecule has 63 heavy (non-hydrogen) atoms. The fraction of sp³-hybridized carbons (Fsp3) is 0.0508. The lowest BCUT2D eigenvalue weighted by Crippen LogP contribution is -2.39. The molecule has 2 spiro atoms. The maximum Gasteiger partial charge on any atom is 0.333 e. The number of urea groups is 1. The quantitative estimate of drug-likeness (QED) is 0.157. The van der Waals surface area contributed by atoms with Gasteiger partial charge in [0.1, 0.15) is 0 Å². The van der Waals surface area contributed by atoms with Crippen LogP contribution in [0, 0.1) is 0 Å². The van der Waals surface area contributed by atoms with E-state index in [9.17, 15) is 4.79 Å². The van der Waals surface area contributed by atoms with Gasteiger partial charge >= 0.3 is 6.03 Å². The molecule has 0 saturated heterocycles. The van der Waals surface area contributed by atoms with Crippen LogP contribution in [0.25, 0.3) is 39.0 Å². The van der Waals surface area contributed by atoms with Crippen molar-refractivity contribution < 1.29 is 9.59 Å². The zero-order valence-corrected chi connectivity index (χ0v) is 34.7. The van der Waals surface area contributed by atoms with E-state index in [1.165, 1.54) is 38.9 Å². The van der Waals surface area contributed by atoms with Crippen LogP contribution in [0.15, 0.2) is 213 Å². The molecule has 4 aliphatic carbocycles. The summed E-state index contributed by atoms with van der Waals surface area (Å²) < 4.78 is 0. The lowest BCUT2D eigenvalue weighted by atomic mass is 9.69. The van der Waals surface area contributed by atoms with E-state index in [1.807, 2.05) is 49.5 Å². The average molecular weight is 809 g/mol. The third-order valence-corrected chi connectivity index (χ3v) is 14.2. The zero-order chi connectivity index (χ0) is 42.6. The van der Waals surface area contributed by atoms with E-state index in [2.05, 4.69) is 159 Å². The molecule has 0 N–H and O–H groups in total. The number of hydrogen-bond acceptors (Lipinski definition) is 2. The van der Waals surface area contributed by atoms with Gasteiger partial charge in [-0.2, -0.15) is 0 Å². The van der Waals surface area contributed by atoms with E-state index in [1.54, 1.807) is 15.9 Å². The van der Waals surface area contributed by atoms with E-state index in [0.29, 0.717) is 16.9 Å². The van der Waals surface area contributed by atoms with Crippen molar-refractivity contribution in [3.63, 3.8) is 0 Å². The Bertz CT molecular complexity index is 3310. The van der Waals surface area contributed by atoms with Crippen LogP contribution in [0.1, 0.15) is 54.9 Å². The van der Waals surface area contributed by atoms with Gasteiger partial charge in [-0.3, -0.25) is 14.6 Å². The molecule has 1 unspecified atom stereocenters. The fourth-order valence-electron chi connectivity index (χ4n) is 11.7. The highest BCUT2D eigenvalue weighted by Gasteiger charge is 2.53. The SMILES string of the molecule is C=CC1=C(C=C)C2(c3ccccc31)c1ccccc1-c1ccc(N(C)C(=O)N(c3ccc4c(c3)C3(c5ccccc5-c5ccccc53)c3ccccc3-4)c3ccccc3C=O)cc12. The topological polar surface area (TPSA) is 40.6 Å². The summed E-state index contributed by atoms with van der Waals surface area (Å²) >= 11 is 0. The number of rotatable bonds is 6. The second kappa shape index (κ2) is 13.5. The van der Waals surface area contributed by atoms with Crippen LogP contribution in [0.3, 0.4) is 0 Å². The van der Waals surface area contributed by atoms with Crippen LogP contribution in [-0.4, -0.2) is 19.4 Å². The molecule has 4 nitrogen and oxygen atoms in total. The second-order valence-electron chi connectivity index (χ2n) is 16.8. The molecule has 0 bridgehead atoms. The number of carbonyl (C=O) groups excluding carboxylic acids is 2. The highest BCUT2D eigenvalue weighted by Crippen LogP contribution is 2.64. The first-order valence-corrected chi connectivity index (χ1v) is 21.4. The van der Waals surface area contributed by atoms with Crippen molar-refractivity contribution in [2.24, 2.45) is 0 Å². The highest BCUT2D eigenvalue weighted by atomic mass is 16.2. The first kappa shape index (κ1) is 36.7. The van der Waals surface area contributed by atoms with Crippen molar-refractivity contribution in [3.8, 4) is 33.4 Å². The van der Waals surface area contributed by atoms with Gasteiger partial charge in [0.15, 0.2) is 6.29 Å². The molecule has 0 saturated carbocycles. The van der Waals surface area contributed by atoms with Gasteiger partial charge in [0, 0.05) is 18.3 Å². The van der Waals surface area contributed by atoms with Gasteiger partial charge in [-0.1, -0.05) is 171 Å². The van der Waals surface area contributed by atoms with Gasteiger partial charge in [0.2, 0.25) is 0 Å². The predicted molar refractivity (Wildman–Crippen MR) is 256 cm³/mol. The number of allylic oxidation sites excluding steroid dienone is 4. The highest BCUT2D eigenvalue weighted by molar-refractivity contribution is 6.11. The number of fused-ring (bicyclic) bond motifs is 17. The summed E-state index contributed by atoms with van der Waals surface area (Å²) in [7, 11) is 1.82. The van der Waals surface area contributed by atoms with Crippen molar-refractivity contribution in [1.29, 1.82) is 0 Å². The van der Waals surface area contributed by atoms with Crippen LogP contribution in [0.2, 0.25) is 0 Å². The van der Waals surface area contributed by atoms with Gasteiger partial charge < -0.3 is 0 Å². The molecule has 12 rings (SSSR count). The Hall–Kier alpha value is -8.08. The summed E-state index contributed by atoms with van der Waals surface area (Å²) in [5.74, 6) is 0. The Morgan fingerprint density at radius 1 is 0.460 bits per heavy atom. The molecule has 4 heteroatoms. The molecule has 0 radical (unpaired) electrons. The summed E-state index contributed by atoms with van der Waals surface area (Å²) in [4.78, 5) is 32.0. The maximum absolute atomic E-state index is 15.7. The van der Waals surface area contributed by atoms with Crippen LogP contribution in [0.4, 0.5) is 21.9 Å². The Kier molecular flexibility index (Phi) is 7.85. The van der Waals surface area contributed by atoms with Crippen LogP contribution < -0.4 is 9.80 Å². The first-order chi connectivity index (χ1) is 31.0. The van der Waals surface area contributed by atoms with Gasteiger partial charge in [-0.05, 0) is 125 Å². The fourth-order valence-corrected chi connectivity index (χ4v) is 11.7. The van der Waals surface area contributed by atoms with Gasteiger partial charge in [0.05, 0.1) is 22.2 Å². The second-order valence-corrected chi connectivity index (χ2v) is 16.8. The number of benzene rings is 8. The standard InChI is InChI=1S/C59H40N2O2/c1-4-40-41-19-7-12-24-49(41)58(48(40)5-2)50-25-13-10-22-44(50)46-32-30-38(34-54(46)58)60(3)57(63)61(56-29-17-6-18-37(56)36-62)39-31-33-47-45-23-11-16-28-53(45)59(55(47)35-39)51-26-14-8-20-42(51)43-21-9-15-27-52(43)59/h4-36H,1-2H2,3H3. The maximum atomic E-state index is 15.7. The van der Waals surface area contributed by atoms with Crippen molar-refractivity contribution in [2.45, 2.75) is 10.8 Å². The van der Waals surface area contributed by atoms with E-state index >= 15 is 4.79 Å². The molecule has 4 aliphatic rings. The molecule has 8 aromatic rings. The summed E-state index contributed by atoms with van der Waals surface area (Å²) in [6, 6.07) is 62.9. The zero-order valence-electron chi connectivity index (χ0n) is 34.7. The minimum Gasteiger partial charge on any atom is -0.298 e. The van der Waals surface area contributed by atoms with Crippen LogP contribution in [0.5, 0.6) is 0 Å². The van der Waals surface area contributed by atoms with Gasteiger partial charge in [-0.15, -0.1) is 0 Å². The summed E-state index contributed by atoms with van der Waals surface area (Å²) in [5, 5.41) is 0. The molecular weight excluding hydrogens is 769 g/mol. The Morgan fingerprint density at radius 2 is 0.873 bits per heavy atom. The largest absolute Gasteiger partial charge is 0.333 e. The van der Waals surface area contributed by atoms with Crippen molar-refractivity contribution in [1.82, 2.24) is 0 Å². The van der Waals surface area contributed by atoms with E-state index in [4.69, 9.17) is 0 Å². The summed E-state index contributed by atoms with van der Waals surface area (Å²) in [5.41, 5.74) is 19.4. The molecule has 0 aromatic heterocycles. The van der Waals surface area contributed by atoms with Crippen molar-refractivity contribution >= 4 is 35.0 Å². The van der Waals surface area contributed by atoms with Gasteiger partial charge in [-0.25, -0.2) is 4.79 Å². The smallest absolute Gasteiger partial charge is 0.298 e. The van der Waals surface area contributed by atoms with Crippen LogP contribution in [-0.2, 0) is 10.8 Å². The molecular formula is C59H40N2O2. The van der Waals surface area contributed by atoms with Crippen molar-refractivity contribution in [2.75, 3.05) is 16.8 Å².